The Morgan fingerprint density at radius 1 is 0.913 bits per heavy atom. The molecule has 0 saturated carbocycles. The van der Waals surface area contributed by atoms with Gasteiger partial charge < -0.3 is 10.6 Å². The van der Waals surface area contributed by atoms with Gasteiger partial charge in [0.15, 0.2) is 0 Å². The number of anilines is 1. The molecule has 2 aromatic carbocycles. The van der Waals surface area contributed by atoms with Crippen molar-refractivity contribution in [1.29, 1.82) is 0 Å². The van der Waals surface area contributed by atoms with E-state index in [4.69, 9.17) is 0 Å². The lowest BCUT2D eigenvalue weighted by atomic mass is 10.1. The Morgan fingerprint density at radius 2 is 1.61 bits per heavy atom. The van der Waals surface area contributed by atoms with Crippen LogP contribution in [0.2, 0.25) is 0 Å². The highest BCUT2D eigenvalue weighted by Gasteiger charge is 2.11. The third kappa shape index (κ3) is 5.50. The number of para-hydroxylation sites is 1. The van der Waals surface area contributed by atoms with Crippen LogP contribution in [0.5, 0.6) is 0 Å². The van der Waals surface area contributed by atoms with Crippen LogP contribution in [-0.4, -0.2) is 18.4 Å². The van der Waals surface area contributed by atoms with Gasteiger partial charge in [-0.3, -0.25) is 9.59 Å². The number of halogens is 2. The number of carbonyl (C=O) groups excluding carboxylic acids is 2. The first-order valence-electron chi connectivity index (χ1n) is 7.10. The highest BCUT2D eigenvalue weighted by Crippen LogP contribution is 2.12. The number of hydrogen-bond donors (Lipinski definition) is 2. The second-order valence-electron chi connectivity index (χ2n) is 4.93. The van der Waals surface area contributed by atoms with Gasteiger partial charge >= 0.3 is 0 Å². The SMILES string of the molecule is O=C(CC(=O)Nc1ccccc1F)NCCc1ccc(F)cc1. The van der Waals surface area contributed by atoms with Gasteiger partial charge in [0.05, 0.1) is 5.69 Å². The van der Waals surface area contributed by atoms with Crippen molar-refractivity contribution in [1.82, 2.24) is 5.32 Å². The summed E-state index contributed by atoms with van der Waals surface area (Å²) >= 11 is 0. The van der Waals surface area contributed by atoms with E-state index in [0.29, 0.717) is 13.0 Å². The third-order valence-electron chi connectivity index (χ3n) is 3.12. The summed E-state index contributed by atoms with van der Waals surface area (Å²) in [5, 5.41) is 4.93. The Balaban J connectivity index is 1.73. The van der Waals surface area contributed by atoms with Crippen molar-refractivity contribution in [2.75, 3.05) is 11.9 Å². The minimum Gasteiger partial charge on any atom is -0.355 e. The maximum Gasteiger partial charge on any atom is 0.233 e. The molecule has 2 amide bonds. The first kappa shape index (κ1) is 16.6. The van der Waals surface area contributed by atoms with Crippen LogP contribution in [0.3, 0.4) is 0 Å². The normalized spacial score (nSPS) is 10.2. The highest BCUT2D eigenvalue weighted by atomic mass is 19.1. The zero-order valence-corrected chi connectivity index (χ0v) is 12.3. The van der Waals surface area contributed by atoms with E-state index in [1.807, 2.05) is 0 Å². The van der Waals surface area contributed by atoms with E-state index < -0.39 is 24.1 Å². The van der Waals surface area contributed by atoms with Crippen molar-refractivity contribution in [3.63, 3.8) is 0 Å². The maximum atomic E-state index is 13.4. The first-order valence-corrected chi connectivity index (χ1v) is 7.10. The molecule has 0 radical (unpaired) electrons. The van der Waals surface area contributed by atoms with Crippen molar-refractivity contribution in [3.8, 4) is 0 Å². The Bertz CT molecular complexity index is 687. The molecule has 0 aliphatic rings. The van der Waals surface area contributed by atoms with Crippen LogP contribution in [0.4, 0.5) is 14.5 Å². The van der Waals surface area contributed by atoms with Crippen molar-refractivity contribution in [2.45, 2.75) is 12.8 Å². The second kappa shape index (κ2) is 8.03. The van der Waals surface area contributed by atoms with Crippen molar-refractivity contribution in [3.05, 3.63) is 65.7 Å². The van der Waals surface area contributed by atoms with Crippen LogP contribution in [-0.2, 0) is 16.0 Å². The molecule has 0 unspecified atom stereocenters. The average Bonchev–Trinajstić information content (AvgIpc) is 2.51. The zero-order chi connectivity index (χ0) is 16.7. The van der Waals surface area contributed by atoms with Gasteiger partial charge in [0.1, 0.15) is 18.1 Å². The number of benzene rings is 2. The summed E-state index contributed by atoms with van der Waals surface area (Å²) in [4.78, 5) is 23.3. The molecule has 2 N–H and O–H groups in total. The van der Waals surface area contributed by atoms with Crippen LogP contribution >= 0.6 is 0 Å². The Hall–Kier alpha value is -2.76. The molecule has 0 aromatic heterocycles. The van der Waals surface area contributed by atoms with E-state index in [1.54, 1.807) is 18.2 Å². The molecule has 0 bridgehead atoms. The molecule has 120 valence electrons. The first-order chi connectivity index (χ1) is 11.0. The van der Waals surface area contributed by atoms with Gasteiger partial charge in [-0.25, -0.2) is 8.78 Å². The fourth-order valence-electron chi connectivity index (χ4n) is 1.96. The molecule has 0 atom stereocenters. The van der Waals surface area contributed by atoms with Crippen LogP contribution in [0, 0.1) is 11.6 Å². The minimum atomic E-state index is -0.589. The molecule has 2 aromatic rings. The highest BCUT2D eigenvalue weighted by molar-refractivity contribution is 6.03. The summed E-state index contributed by atoms with van der Waals surface area (Å²) in [6.45, 7) is 0.331. The van der Waals surface area contributed by atoms with Crippen LogP contribution in [0.1, 0.15) is 12.0 Å². The number of rotatable bonds is 6. The Labute approximate surface area is 132 Å². The van der Waals surface area contributed by atoms with E-state index >= 15 is 0 Å². The van der Waals surface area contributed by atoms with Crippen LogP contribution in [0.15, 0.2) is 48.5 Å². The van der Waals surface area contributed by atoms with Gasteiger partial charge in [0.25, 0.3) is 0 Å². The molecule has 23 heavy (non-hydrogen) atoms. The molecular weight excluding hydrogens is 302 g/mol. The molecule has 4 nitrogen and oxygen atoms in total. The van der Waals surface area contributed by atoms with Crippen molar-refractivity contribution < 1.29 is 18.4 Å². The lowest BCUT2D eigenvalue weighted by Gasteiger charge is -2.07. The summed E-state index contributed by atoms with van der Waals surface area (Å²) in [7, 11) is 0. The molecule has 0 aliphatic carbocycles. The number of amides is 2. The summed E-state index contributed by atoms with van der Waals surface area (Å²) in [6, 6.07) is 11.7. The fourth-order valence-corrected chi connectivity index (χ4v) is 1.96. The van der Waals surface area contributed by atoms with E-state index in [9.17, 15) is 18.4 Å². The smallest absolute Gasteiger partial charge is 0.233 e. The lowest BCUT2D eigenvalue weighted by Crippen LogP contribution is -2.29. The molecule has 0 fully saturated rings. The van der Waals surface area contributed by atoms with Crippen LogP contribution in [0.25, 0.3) is 0 Å². The standard InChI is InChI=1S/C17H16F2N2O2/c18-13-7-5-12(6-8-13)9-10-20-16(22)11-17(23)21-15-4-2-1-3-14(15)19/h1-8H,9-11H2,(H,20,22)(H,21,23). The molecule has 6 heteroatoms. The summed E-state index contributed by atoms with van der Waals surface area (Å²) in [6.07, 6.45) is 0.138. The van der Waals surface area contributed by atoms with E-state index in [-0.39, 0.29) is 11.5 Å². The lowest BCUT2D eigenvalue weighted by molar-refractivity contribution is -0.126. The Kier molecular flexibility index (Phi) is 5.80. The second-order valence-corrected chi connectivity index (χ2v) is 4.93. The summed E-state index contributed by atoms with van der Waals surface area (Å²) < 4.78 is 26.1. The van der Waals surface area contributed by atoms with E-state index in [0.717, 1.165) is 5.56 Å². The Morgan fingerprint density at radius 3 is 2.30 bits per heavy atom. The van der Waals surface area contributed by atoms with Crippen molar-refractivity contribution in [2.24, 2.45) is 0 Å². The monoisotopic (exact) mass is 318 g/mol. The number of nitrogens with one attached hydrogen (secondary N) is 2. The molecule has 2 rings (SSSR count). The topological polar surface area (TPSA) is 58.2 Å². The van der Waals surface area contributed by atoms with Gasteiger partial charge in [-0.1, -0.05) is 24.3 Å². The number of hydrogen-bond acceptors (Lipinski definition) is 2. The van der Waals surface area contributed by atoms with Gasteiger partial charge in [-0.15, -0.1) is 0 Å². The van der Waals surface area contributed by atoms with Gasteiger partial charge in [0.2, 0.25) is 11.8 Å². The van der Waals surface area contributed by atoms with Gasteiger partial charge in [-0.05, 0) is 36.2 Å². The molecule has 0 saturated heterocycles. The molecule has 0 heterocycles. The molecule has 0 spiro atoms. The average molecular weight is 318 g/mol. The zero-order valence-electron chi connectivity index (χ0n) is 12.3. The predicted molar refractivity (Wildman–Crippen MR) is 82.8 cm³/mol. The third-order valence-corrected chi connectivity index (χ3v) is 3.12. The van der Waals surface area contributed by atoms with Crippen molar-refractivity contribution >= 4 is 17.5 Å². The number of carbonyl (C=O) groups is 2. The maximum absolute atomic E-state index is 13.4. The quantitative estimate of drug-likeness (QED) is 0.805. The van der Waals surface area contributed by atoms with Gasteiger partial charge in [0, 0.05) is 6.54 Å². The largest absolute Gasteiger partial charge is 0.355 e. The molecular formula is C17H16F2N2O2. The van der Waals surface area contributed by atoms with E-state index in [1.165, 1.54) is 30.3 Å². The van der Waals surface area contributed by atoms with Gasteiger partial charge in [-0.2, -0.15) is 0 Å². The summed E-state index contributed by atoms with van der Waals surface area (Å²) in [5.74, 6) is -1.92. The minimum absolute atomic E-state index is 0.0385. The predicted octanol–water partition coefficient (Wildman–Crippen LogP) is 2.65. The van der Waals surface area contributed by atoms with E-state index in [2.05, 4.69) is 10.6 Å². The fraction of sp³-hybridized carbons (Fsp3) is 0.176. The van der Waals surface area contributed by atoms with Crippen LogP contribution < -0.4 is 10.6 Å². The molecule has 0 aliphatic heterocycles. The summed E-state index contributed by atoms with van der Waals surface area (Å²) in [5.41, 5.74) is 0.916.